The highest BCUT2D eigenvalue weighted by Gasteiger charge is 2.52. The number of anilines is 12. The van der Waals surface area contributed by atoms with Crippen molar-refractivity contribution in [1.82, 2.24) is 0 Å². The number of benzene rings is 10. The van der Waals surface area contributed by atoms with Gasteiger partial charge in [-0.2, -0.15) is 0 Å². The van der Waals surface area contributed by atoms with E-state index in [1.165, 1.54) is 44.4 Å². The van der Waals surface area contributed by atoms with Gasteiger partial charge in [-0.15, -0.1) is 0 Å². The molecule has 0 fully saturated rings. The Morgan fingerprint density at radius 1 is 0.288 bits per heavy atom. The first-order chi connectivity index (χ1) is 32.8. The Bertz CT molecular complexity index is 3760. The van der Waals surface area contributed by atoms with Crippen LogP contribution >= 0.6 is 0 Å². The van der Waals surface area contributed by atoms with Gasteiger partial charge in [-0.1, -0.05) is 97.1 Å². The van der Waals surface area contributed by atoms with Crippen LogP contribution in [0.15, 0.2) is 206 Å². The summed E-state index contributed by atoms with van der Waals surface area (Å²) in [4.78, 5) is 9.81. The fraction of sp³-hybridized carbons (Fsp3) is 0. The number of nitrogens with zero attached hydrogens (tertiary/aromatic N) is 4. The highest BCUT2D eigenvalue weighted by Crippen LogP contribution is 2.55. The van der Waals surface area contributed by atoms with Gasteiger partial charge in [0.25, 0.3) is 13.4 Å². The molecule has 0 spiro atoms. The minimum absolute atomic E-state index is 0.0842. The summed E-state index contributed by atoms with van der Waals surface area (Å²) >= 11 is 0. The molecule has 6 heterocycles. The van der Waals surface area contributed by atoms with Gasteiger partial charge < -0.3 is 29.1 Å². The molecule has 0 N–H and O–H groups in total. The lowest BCUT2D eigenvalue weighted by atomic mass is 9.31. The van der Waals surface area contributed by atoms with Crippen LogP contribution < -0.4 is 61.9 Å². The lowest BCUT2D eigenvalue weighted by Gasteiger charge is -2.48. The van der Waals surface area contributed by atoms with E-state index in [9.17, 15) is 0 Å². The lowest BCUT2D eigenvalue weighted by Crippen LogP contribution is -2.64. The van der Waals surface area contributed by atoms with Gasteiger partial charge in [-0.05, 0) is 147 Å². The van der Waals surface area contributed by atoms with Gasteiger partial charge in [-0.3, -0.25) is 0 Å². The summed E-state index contributed by atoms with van der Waals surface area (Å²) in [7, 11) is 0. The van der Waals surface area contributed by atoms with Crippen molar-refractivity contribution in [3.63, 3.8) is 0 Å². The molecule has 0 unspecified atom stereocenters. The van der Waals surface area contributed by atoms with Crippen LogP contribution in [-0.2, 0) is 0 Å². The first kappa shape index (κ1) is 34.8. The fourth-order valence-corrected chi connectivity index (χ4v) is 12.4. The predicted molar refractivity (Wildman–Crippen MR) is 272 cm³/mol. The predicted octanol–water partition coefficient (Wildman–Crippen LogP) is 11.2. The van der Waals surface area contributed by atoms with Crippen molar-refractivity contribution in [2.24, 2.45) is 0 Å². The second kappa shape index (κ2) is 12.6. The molecule has 0 atom stereocenters. The van der Waals surface area contributed by atoms with E-state index < -0.39 is 0 Å². The molecule has 8 heteroatoms. The zero-order valence-electron chi connectivity index (χ0n) is 35.4. The molecule has 0 bridgehead atoms. The van der Waals surface area contributed by atoms with Crippen molar-refractivity contribution in [3.05, 3.63) is 206 Å². The molecule has 0 aliphatic carbocycles. The summed E-state index contributed by atoms with van der Waals surface area (Å²) in [6.45, 7) is -0.169. The molecule has 0 saturated heterocycles. The highest BCUT2D eigenvalue weighted by molar-refractivity contribution is 7.03. The third kappa shape index (κ3) is 4.29. The molecule has 10 aromatic rings. The largest absolute Gasteiger partial charge is 0.458 e. The minimum Gasteiger partial charge on any atom is -0.458 e. The van der Waals surface area contributed by atoms with Crippen LogP contribution in [0.5, 0.6) is 23.0 Å². The number of rotatable bonds is 4. The fourth-order valence-electron chi connectivity index (χ4n) is 12.4. The standard InChI is InChI=1S/C58H34B2N4O2/c1-5-17-36(18-6-1)61-40-25-13-27-42-51(40)59-54-45(61)30-16-32-48(54)66-58-50-35(33-46(55(58)59)63(42)38-21-9-3-10-22-38)34-49-56-57(50)64(39-23-11-4-12-24-39)43-28-14-26-41-52(43)60(56)53-44(29-15-31-47(53)65-49)62(41)37-19-7-2-8-20-37/h1-34H. The third-order valence-corrected chi connectivity index (χ3v) is 14.7. The van der Waals surface area contributed by atoms with E-state index in [2.05, 4.69) is 226 Å². The summed E-state index contributed by atoms with van der Waals surface area (Å²) in [6.07, 6.45) is 0. The Labute approximate surface area is 381 Å². The van der Waals surface area contributed by atoms with E-state index >= 15 is 0 Å². The van der Waals surface area contributed by atoms with E-state index in [1.54, 1.807) is 0 Å². The SMILES string of the molecule is c1ccc(N2c3cccc4c3B3c5c2cccc5N(c2ccccc2)c2cc5cc6c7c(c5c(c23)O4)N(c2ccccc2)c2cccc3c2B7c2c(cccc2N3c2ccccc2)O6)cc1. The zero-order chi connectivity index (χ0) is 42.8. The smallest absolute Gasteiger partial charge is 0.261 e. The molecule has 6 aliphatic heterocycles. The molecule has 6 nitrogen and oxygen atoms in total. The monoisotopic (exact) mass is 840 g/mol. The molecule has 6 aliphatic rings. The Balaban J connectivity index is 1.05. The summed E-state index contributed by atoms with van der Waals surface area (Å²) in [5.41, 5.74) is 20.8. The normalized spacial score (nSPS) is 14.4. The van der Waals surface area contributed by atoms with Crippen molar-refractivity contribution in [3.8, 4) is 23.0 Å². The summed E-state index contributed by atoms with van der Waals surface area (Å²) in [5, 5.41) is 2.14. The zero-order valence-corrected chi connectivity index (χ0v) is 35.4. The average Bonchev–Trinajstić information content (AvgIpc) is 3.37. The summed E-state index contributed by atoms with van der Waals surface area (Å²) in [6, 6.07) is 74.6. The van der Waals surface area contributed by atoms with Gasteiger partial charge in [0.15, 0.2) is 0 Å². The average molecular weight is 841 g/mol. The second-order valence-corrected chi connectivity index (χ2v) is 17.9. The van der Waals surface area contributed by atoms with Crippen LogP contribution in [-0.4, -0.2) is 13.4 Å². The number of fused-ring (bicyclic) bond motifs is 3. The molecule has 0 amide bonds. The van der Waals surface area contributed by atoms with Crippen molar-refractivity contribution in [2.45, 2.75) is 0 Å². The molecular formula is C58H34B2N4O2. The highest BCUT2D eigenvalue weighted by atomic mass is 16.5. The van der Waals surface area contributed by atoms with E-state index in [1.807, 2.05) is 0 Å². The number of ether oxygens (including phenoxy) is 2. The topological polar surface area (TPSA) is 31.4 Å². The van der Waals surface area contributed by atoms with Crippen molar-refractivity contribution in [1.29, 1.82) is 0 Å². The Morgan fingerprint density at radius 3 is 1.18 bits per heavy atom. The van der Waals surface area contributed by atoms with Crippen LogP contribution in [0.4, 0.5) is 68.2 Å². The van der Waals surface area contributed by atoms with Crippen LogP contribution in [0, 0.1) is 0 Å². The van der Waals surface area contributed by atoms with E-state index in [-0.39, 0.29) is 13.4 Å². The maximum atomic E-state index is 7.65. The minimum atomic E-state index is -0.0848. The molecule has 0 saturated carbocycles. The van der Waals surface area contributed by atoms with Gasteiger partial charge in [-0.25, -0.2) is 0 Å². The number of para-hydroxylation sites is 4. The van der Waals surface area contributed by atoms with Crippen molar-refractivity contribution >= 4 is 125 Å². The number of hydrogen-bond acceptors (Lipinski definition) is 6. The maximum absolute atomic E-state index is 7.65. The van der Waals surface area contributed by atoms with Crippen LogP contribution in [0.1, 0.15) is 0 Å². The van der Waals surface area contributed by atoms with Gasteiger partial charge in [0.2, 0.25) is 0 Å². The van der Waals surface area contributed by atoms with Gasteiger partial charge in [0.1, 0.15) is 23.0 Å². The van der Waals surface area contributed by atoms with Crippen molar-refractivity contribution < 1.29 is 9.47 Å². The van der Waals surface area contributed by atoms with Gasteiger partial charge in [0.05, 0.1) is 5.69 Å². The molecule has 66 heavy (non-hydrogen) atoms. The van der Waals surface area contributed by atoms with Gasteiger partial charge >= 0.3 is 0 Å². The van der Waals surface area contributed by atoms with Crippen LogP contribution in [0.25, 0.3) is 10.8 Å². The molecule has 304 valence electrons. The first-order valence-electron chi connectivity index (χ1n) is 22.8. The van der Waals surface area contributed by atoms with Crippen molar-refractivity contribution in [2.75, 3.05) is 19.6 Å². The van der Waals surface area contributed by atoms with E-state index in [4.69, 9.17) is 9.47 Å². The molecule has 0 radical (unpaired) electrons. The molecule has 10 aromatic carbocycles. The molecule has 0 aromatic heterocycles. The Morgan fingerprint density at radius 2 is 0.682 bits per heavy atom. The third-order valence-electron chi connectivity index (χ3n) is 14.7. The molecular weight excluding hydrogens is 806 g/mol. The second-order valence-electron chi connectivity index (χ2n) is 17.9. The molecule has 16 rings (SSSR count). The lowest BCUT2D eigenvalue weighted by molar-refractivity contribution is 0.487. The quantitative estimate of drug-likeness (QED) is 0.164. The van der Waals surface area contributed by atoms with Crippen LogP contribution in [0.3, 0.4) is 0 Å². The first-order valence-corrected chi connectivity index (χ1v) is 22.8. The van der Waals surface area contributed by atoms with E-state index in [0.29, 0.717) is 0 Å². The Kier molecular flexibility index (Phi) is 6.62. The Hall–Kier alpha value is -8.61. The number of hydrogen-bond donors (Lipinski definition) is 0. The summed E-state index contributed by atoms with van der Waals surface area (Å²) in [5.74, 6) is 3.53. The van der Waals surface area contributed by atoms with Gasteiger partial charge in [0, 0.05) is 67.9 Å². The maximum Gasteiger partial charge on any atom is 0.261 e. The summed E-state index contributed by atoms with van der Waals surface area (Å²) < 4.78 is 14.9. The van der Waals surface area contributed by atoms with Crippen LogP contribution in [0.2, 0.25) is 0 Å². The van der Waals surface area contributed by atoms with E-state index in [0.717, 1.165) is 90.4 Å².